The zero-order valence-electron chi connectivity index (χ0n) is 10.9. The van der Waals surface area contributed by atoms with Gasteiger partial charge in [0.05, 0.1) is 11.3 Å². The smallest absolute Gasteiger partial charge is 0.337 e. The molecular weight excluding hydrogens is 242 g/mol. The van der Waals surface area contributed by atoms with Gasteiger partial charge in [-0.3, -0.25) is 4.98 Å². The second kappa shape index (κ2) is 5.52. The first-order valence-corrected chi connectivity index (χ1v) is 5.95. The monoisotopic (exact) mass is 257 g/mol. The van der Waals surface area contributed by atoms with E-state index in [1.807, 2.05) is 32.0 Å². The molecule has 19 heavy (non-hydrogen) atoms. The number of aromatic carboxylic acids is 1. The molecule has 0 aliphatic heterocycles. The summed E-state index contributed by atoms with van der Waals surface area (Å²) in [5.41, 5.74) is 3.02. The highest BCUT2D eigenvalue weighted by Gasteiger charge is 2.06. The Morgan fingerprint density at radius 1 is 1.21 bits per heavy atom. The highest BCUT2D eigenvalue weighted by molar-refractivity contribution is 5.87. The second-order valence-corrected chi connectivity index (χ2v) is 4.35. The zero-order valence-corrected chi connectivity index (χ0v) is 10.9. The van der Waals surface area contributed by atoms with E-state index in [2.05, 4.69) is 4.98 Å². The molecule has 0 atom stereocenters. The van der Waals surface area contributed by atoms with Crippen molar-refractivity contribution in [3.63, 3.8) is 0 Å². The van der Waals surface area contributed by atoms with Crippen LogP contribution in [-0.2, 0) is 6.61 Å². The molecule has 0 bridgehead atoms. The summed E-state index contributed by atoms with van der Waals surface area (Å²) in [5.74, 6) is -0.124. The predicted octanol–water partition coefficient (Wildman–Crippen LogP) is 2.98. The largest absolute Gasteiger partial charge is 0.487 e. The summed E-state index contributed by atoms with van der Waals surface area (Å²) < 4.78 is 5.74. The normalized spacial score (nSPS) is 10.2. The van der Waals surface area contributed by atoms with Gasteiger partial charge in [-0.2, -0.15) is 0 Å². The van der Waals surface area contributed by atoms with Gasteiger partial charge in [0, 0.05) is 6.20 Å². The van der Waals surface area contributed by atoms with E-state index >= 15 is 0 Å². The van der Waals surface area contributed by atoms with Gasteiger partial charge >= 0.3 is 5.97 Å². The molecule has 1 N–H and O–H groups in total. The molecule has 2 rings (SSSR count). The lowest BCUT2D eigenvalue weighted by Crippen LogP contribution is -2.03. The molecule has 0 aliphatic rings. The molecule has 0 spiro atoms. The van der Waals surface area contributed by atoms with Crippen LogP contribution in [0.1, 0.15) is 27.2 Å². The van der Waals surface area contributed by atoms with E-state index in [1.165, 1.54) is 12.3 Å². The minimum absolute atomic E-state index is 0.177. The van der Waals surface area contributed by atoms with Gasteiger partial charge in [-0.25, -0.2) is 4.79 Å². The molecule has 4 heteroatoms. The van der Waals surface area contributed by atoms with Crippen molar-refractivity contribution in [2.24, 2.45) is 0 Å². The number of nitrogens with zero attached hydrogens (tertiary/aromatic N) is 1. The minimum Gasteiger partial charge on any atom is -0.487 e. The molecule has 98 valence electrons. The Morgan fingerprint density at radius 3 is 2.42 bits per heavy atom. The van der Waals surface area contributed by atoms with Crippen molar-refractivity contribution in [3.8, 4) is 5.75 Å². The number of rotatable bonds is 4. The highest BCUT2D eigenvalue weighted by Crippen LogP contribution is 2.23. The topological polar surface area (TPSA) is 59.4 Å². The maximum atomic E-state index is 10.7. The van der Waals surface area contributed by atoms with Crippen molar-refractivity contribution in [2.45, 2.75) is 20.5 Å². The molecule has 0 saturated heterocycles. The predicted molar refractivity (Wildman–Crippen MR) is 71.4 cm³/mol. The number of carboxylic acid groups (broad SMARTS) is 1. The molecule has 1 aromatic carbocycles. The summed E-state index contributed by atoms with van der Waals surface area (Å²) in [4.78, 5) is 14.8. The molecular formula is C15H15NO3. The Labute approximate surface area is 111 Å². The van der Waals surface area contributed by atoms with Crippen LogP contribution in [0, 0.1) is 13.8 Å². The van der Waals surface area contributed by atoms with Crippen LogP contribution < -0.4 is 4.74 Å². The van der Waals surface area contributed by atoms with Crippen molar-refractivity contribution < 1.29 is 14.6 Å². The van der Waals surface area contributed by atoms with Gasteiger partial charge in [-0.05, 0) is 37.1 Å². The second-order valence-electron chi connectivity index (χ2n) is 4.35. The van der Waals surface area contributed by atoms with Gasteiger partial charge in [-0.1, -0.05) is 18.2 Å². The van der Waals surface area contributed by atoms with Gasteiger partial charge in [0.1, 0.15) is 12.4 Å². The molecule has 0 amide bonds. The standard InChI is InChI=1S/C15H15NO3/c1-10-4-3-5-11(2)14(10)19-9-13-7-6-12(8-16-13)15(17)18/h3-8H,9H2,1-2H3,(H,17,18). The highest BCUT2D eigenvalue weighted by atomic mass is 16.5. The van der Waals surface area contributed by atoms with Crippen molar-refractivity contribution in [1.82, 2.24) is 4.98 Å². The number of aromatic nitrogens is 1. The van der Waals surface area contributed by atoms with Crippen molar-refractivity contribution in [1.29, 1.82) is 0 Å². The van der Waals surface area contributed by atoms with Crippen LogP contribution in [0.5, 0.6) is 5.75 Å². The molecule has 1 aromatic heterocycles. The van der Waals surface area contributed by atoms with Crippen molar-refractivity contribution in [3.05, 3.63) is 58.9 Å². The summed E-state index contributed by atoms with van der Waals surface area (Å²) in [6.07, 6.45) is 1.34. The fourth-order valence-corrected chi connectivity index (χ4v) is 1.81. The number of aryl methyl sites for hydroxylation is 2. The van der Waals surface area contributed by atoms with E-state index < -0.39 is 5.97 Å². The minimum atomic E-state index is -0.977. The number of hydrogen-bond donors (Lipinski definition) is 1. The Morgan fingerprint density at radius 2 is 1.89 bits per heavy atom. The maximum Gasteiger partial charge on any atom is 0.337 e. The number of carboxylic acids is 1. The third-order valence-corrected chi connectivity index (χ3v) is 2.84. The first-order chi connectivity index (χ1) is 9.08. The summed E-state index contributed by atoms with van der Waals surface area (Å²) in [5, 5.41) is 8.79. The molecule has 0 aliphatic carbocycles. The van der Waals surface area contributed by atoms with Gasteiger partial charge < -0.3 is 9.84 Å². The number of pyridine rings is 1. The Kier molecular flexibility index (Phi) is 3.80. The molecule has 2 aromatic rings. The van der Waals surface area contributed by atoms with E-state index in [1.54, 1.807) is 6.07 Å². The third-order valence-electron chi connectivity index (χ3n) is 2.84. The van der Waals surface area contributed by atoms with E-state index in [0.29, 0.717) is 12.3 Å². The lowest BCUT2D eigenvalue weighted by Gasteiger charge is -2.11. The Hall–Kier alpha value is -2.36. The lowest BCUT2D eigenvalue weighted by atomic mass is 10.1. The molecule has 4 nitrogen and oxygen atoms in total. The fraction of sp³-hybridized carbons (Fsp3) is 0.200. The van der Waals surface area contributed by atoms with E-state index in [-0.39, 0.29) is 5.56 Å². The van der Waals surface area contributed by atoms with E-state index in [4.69, 9.17) is 9.84 Å². The number of para-hydroxylation sites is 1. The summed E-state index contributed by atoms with van der Waals surface area (Å²) in [6, 6.07) is 9.15. The van der Waals surface area contributed by atoms with Crippen molar-refractivity contribution >= 4 is 5.97 Å². The summed E-state index contributed by atoms with van der Waals surface area (Å²) >= 11 is 0. The molecule has 0 unspecified atom stereocenters. The summed E-state index contributed by atoms with van der Waals surface area (Å²) in [6.45, 7) is 4.30. The Bertz CT molecular complexity index is 571. The van der Waals surface area contributed by atoms with Gasteiger partial charge in [-0.15, -0.1) is 0 Å². The van der Waals surface area contributed by atoms with Crippen LogP contribution in [0.25, 0.3) is 0 Å². The number of ether oxygens (including phenoxy) is 1. The van der Waals surface area contributed by atoms with Crippen LogP contribution in [0.3, 0.4) is 0 Å². The van der Waals surface area contributed by atoms with Crippen LogP contribution in [0.15, 0.2) is 36.5 Å². The van der Waals surface area contributed by atoms with Crippen LogP contribution in [0.4, 0.5) is 0 Å². The van der Waals surface area contributed by atoms with Crippen LogP contribution in [-0.4, -0.2) is 16.1 Å². The number of hydrogen-bond acceptors (Lipinski definition) is 3. The van der Waals surface area contributed by atoms with Gasteiger partial charge in [0.25, 0.3) is 0 Å². The quantitative estimate of drug-likeness (QED) is 0.914. The number of benzene rings is 1. The van der Waals surface area contributed by atoms with Crippen LogP contribution in [0.2, 0.25) is 0 Å². The molecule has 0 radical (unpaired) electrons. The first-order valence-electron chi connectivity index (χ1n) is 5.95. The van der Waals surface area contributed by atoms with Gasteiger partial charge in [0.2, 0.25) is 0 Å². The fourth-order valence-electron chi connectivity index (χ4n) is 1.81. The first kappa shape index (κ1) is 13.1. The molecule has 1 heterocycles. The SMILES string of the molecule is Cc1cccc(C)c1OCc1ccc(C(=O)O)cn1. The van der Waals surface area contributed by atoms with Crippen LogP contribution >= 0.6 is 0 Å². The third kappa shape index (κ3) is 3.10. The maximum absolute atomic E-state index is 10.7. The van der Waals surface area contributed by atoms with E-state index in [9.17, 15) is 4.79 Å². The van der Waals surface area contributed by atoms with Crippen molar-refractivity contribution in [2.75, 3.05) is 0 Å². The van der Waals surface area contributed by atoms with E-state index in [0.717, 1.165) is 16.9 Å². The van der Waals surface area contributed by atoms with Gasteiger partial charge in [0.15, 0.2) is 0 Å². The molecule has 0 saturated carbocycles. The average Bonchev–Trinajstić information content (AvgIpc) is 2.38. The Balaban J connectivity index is 2.08. The number of carbonyl (C=O) groups is 1. The average molecular weight is 257 g/mol. The lowest BCUT2D eigenvalue weighted by molar-refractivity contribution is 0.0696. The zero-order chi connectivity index (χ0) is 13.8. The summed E-state index contributed by atoms with van der Waals surface area (Å²) in [7, 11) is 0. The molecule has 0 fully saturated rings.